The van der Waals surface area contributed by atoms with Crippen LogP contribution in [0.1, 0.15) is 36.0 Å². The number of benzene rings is 1. The number of amides is 1. The van der Waals surface area contributed by atoms with Crippen LogP contribution in [-0.4, -0.2) is 26.0 Å². The van der Waals surface area contributed by atoms with Gasteiger partial charge in [0.05, 0.1) is 18.4 Å². The predicted octanol–water partition coefficient (Wildman–Crippen LogP) is 2.63. The van der Waals surface area contributed by atoms with Crippen molar-refractivity contribution in [1.29, 1.82) is 0 Å². The summed E-state index contributed by atoms with van der Waals surface area (Å²) in [6, 6.07) is 6.89. The number of methoxy groups -OCH3 is 1. The summed E-state index contributed by atoms with van der Waals surface area (Å²) in [6.07, 6.45) is 7.83. The van der Waals surface area contributed by atoms with E-state index < -0.39 is 5.97 Å². The number of nitrogens with zero attached hydrogens (tertiary/aromatic N) is 1. The normalized spacial score (nSPS) is 9.65. The molecule has 20 heavy (non-hydrogen) atoms. The Morgan fingerprint density at radius 3 is 2.65 bits per heavy atom. The van der Waals surface area contributed by atoms with Gasteiger partial charge >= 0.3 is 5.97 Å². The molecule has 0 saturated carbocycles. The van der Waals surface area contributed by atoms with Gasteiger partial charge in [0.15, 0.2) is 0 Å². The smallest absolute Gasteiger partial charge is 0.339 e. The van der Waals surface area contributed by atoms with Crippen molar-refractivity contribution in [1.82, 2.24) is 0 Å². The molecule has 0 bridgehead atoms. The molecule has 1 amide bonds. The van der Waals surface area contributed by atoms with Crippen molar-refractivity contribution in [3.05, 3.63) is 29.8 Å². The molecule has 1 aromatic carbocycles. The number of esters is 1. The minimum Gasteiger partial charge on any atom is -0.465 e. The Hall–Kier alpha value is -2.28. The van der Waals surface area contributed by atoms with Crippen molar-refractivity contribution in [3.63, 3.8) is 0 Å². The van der Waals surface area contributed by atoms with Crippen LogP contribution >= 0.6 is 0 Å². The van der Waals surface area contributed by atoms with Crippen LogP contribution in [0.3, 0.4) is 0 Å². The largest absolute Gasteiger partial charge is 0.465 e. The lowest BCUT2D eigenvalue weighted by Gasteiger charge is -2.19. The third-order valence-corrected chi connectivity index (χ3v) is 3.01. The maximum Gasteiger partial charge on any atom is 0.339 e. The fourth-order valence-corrected chi connectivity index (χ4v) is 1.85. The fourth-order valence-electron chi connectivity index (χ4n) is 1.85. The molecule has 0 heterocycles. The third kappa shape index (κ3) is 4.13. The van der Waals surface area contributed by atoms with Gasteiger partial charge in [-0.2, -0.15) is 0 Å². The van der Waals surface area contributed by atoms with Gasteiger partial charge in [-0.25, -0.2) is 4.79 Å². The van der Waals surface area contributed by atoms with Crippen molar-refractivity contribution in [2.75, 3.05) is 19.1 Å². The zero-order valence-corrected chi connectivity index (χ0v) is 11.9. The first kappa shape index (κ1) is 15.8. The van der Waals surface area contributed by atoms with Crippen LogP contribution in [-0.2, 0) is 9.53 Å². The third-order valence-electron chi connectivity index (χ3n) is 3.01. The topological polar surface area (TPSA) is 46.6 Å². The summed E-state index contributed by atoms with van der Waals surface area (Å²) in [6.45, 7) is 0. The summed E-state index contributed by atoms with van der Waals surface area (Å²) in [4.78, 5) is 25.3. The number of terminal acetylenes is 1. The summed E-state index contributed by atoms with van der Waals surface area (Å²) in [5.41, 5.74) is 0.941. The number of hydrogen-bond donors (Lipinski definition) is 0. The molecule has 0 unspecified atom stereocenters. The number of unbranched alkanes of at least 4 members (excludes halogenated alkanes) is 2. The van der Waals surface area contributed by atoms with Crippen molar-refractivity contribution in [3.8, 4) is 12.3 Å². The molecule has 4 heteroatoms. The number of ether oxygens (including phenoxy) is 1. The highest BCUT2D eigenvalue weighted by Crippen LogP contribution is 2.21. The Kier molecular flexibility index (Phi) is 6.31. The summed E-state index contributed by atoms with van der Waals surface area (Å²) >= 11 is 0. The van der Waals surface area contributed by atoms with Crippen molar-refractivity contribution in [2.45, 2.75) is 25.7 Å². The molecule has 0 aliphatic carbocycles. The van der Waals surface area contributed by atoms with Gasteiger partial charge in [-0.1, -0.05) is 12.1 Å². The van der Waals surface area contributed by atoms with E-state index in [1.165, 1.54) is 12.0 Å². The van der Waals surface area contributed by atoms with E-state index in [1.807, 2.05) is 0 Å². The molecule has 0 N–H and O–H groups in total. The van der Waals surface area contributed by atoms with Gasteiger partial charge < -0.3 is 9.64 Å². The molecule has 0 aromatic heterocycles. The van der Waals surface area contributed by atoms with Gasteiger partial charge in [-0.3, -0.25) is 4.79 Å². The van der Waals surface area contributed by atoms with Gasteiger partial charge in [-0.05, 0) is 25.0 Å². The summed E-state index contributed by atoms with van der Waals surface area (Å²) in [5.74, 6) is 2.05. The Balaban J connectivity index is 2.76. The van der Waals surface area contributed by atoms with E-state index in [-0.39, 0.29) is 5.91 Å². The number of hydrogen-bond acceptors (Lipinski definition) is 3. The Morgan fingerprint density at radius 2 is 2.00 bits per heavy atom. The molecule has 0 atom stereocenters. The first-order valence-electron chi connectivity index (χ1n) is 6.49. The standard InChI is InChI=1S/C16H19NO3/c1-4-5-6-7-12-15(18)17(2)14-11-9-8-10-13(14)16(19)20-3/h1,8-11H,5-7,12H2,2-3H3. The first-order chi connectivity index (χ1) is 9.61. The zero-order valence-electron chi connectivity index (χ0n) is 11.9. The van der Waals surface area contributed by atoms with Crippen LogP contribution in [0.15, 0.2) is 24.3 Å². The molecule has 1 aromatic rings. The molecule has 0 aliphatic rings. The second kappa shape index (κ2) is 8.00. The lowest BCUT2D eigenvalue weighted by Crippen LogP contribution is -2.27. The molecule has 106 valence electrons. The Bertz CT molecular complexity index is 517. The Morgan fingerprint density at radius 1 is 1.30 bits per heavy atom. The average molecular weight is 273 g/mol. The molecular weight excluding hydrogens is 254 g/mol. The minimum absolute atomic E-state index is 0.0432. The molecule has 4 nitrogen and oxygen atoms in total. The second-order valence-corrected chi connectivity index (χ2v) is 4.37. The first-order valence-corrected chi connectivity index (χ1v) is 6.49. The highest BCUT2D eigenvalue weighted by molar-refractivity contribution is 6.02. The van der Waals surface area contributed by atoms with Crippen molar-refractivity contribution in [2.24, 2.45) is 0 Å². The molecule has 1 rings (SSSR count). The number of para-hydroxylation sites is 1. The van der Waals surface area contributed by atoms with E-state index >= 15 is 0 Å². The molecule has 0 fully saturated rings. The highest BCUT2D eigenvalue weighted by Gasteiger charge is 2.18. The zero-order chi connectivity index (χ0) is 15.0. The van der Waals surface area contributed by atoms with Gasteiger partial charge in [0.2, 0.25) is 5.91 Å². The van der Waals surface area contributed by atoms with E-state index in [9.17, 15) is 9.59 Å². The summed E-state index contributed by atoms with van der Waals surface area (Å²) in [5, 5.41) is 0. The summed E-state index contributed by atoms with van der Waals surface area (Å²) < 4.78 is 4.72. The molecule has 0 aliphatic heterocycles. The van der Waals surface area contributed by atoms with Crippen LogP contribution in [0.25, 0.3) is 0 Å². The molecule has 0 radical (unpaired) electrons. The van der Waals surface area contributed by atoms with E-state index in [1.54, 1.807) is 31.3 Å². The van der Waals surface area contributed by atoms with Crippen LogP contribution in [0.4, 0.5) is 5.69 Å². The monoisotopic (exact) mass is 273 g/mol. The highest BCUT2D eigenvalue weighted by atomic mass is 16.5. The fraction of sp³-hybridized carbons (Fsp3) is 0.375. The molecule has 0 spiro atoms. The van der Waals surface area contributed by atoms with Gasteiger partial charge in [0, 0.05) is 19.9 Å². The van der Waals surface area contributed by atoms with E-state index in [4.69, 9.17) is 11.2 Å². The van der Waals surface area contributed by atoms with E-state index in [0.717, 1.165) is 12.8 Å². The minimum atomic E-state index is -0.451. The predicted molar refractivity (Wildman–Crippen MR) is 78.5 cm³/mol. The van der Waals surface area contributed by atoms with Gasteiger partial charge in [0.25, 0.3) is 0 Å². The average Bonchev–Trinajstić information content (AvgIpc) is 2.49. The number of anilines is 1. The van der Waals surface area contributed by atoms with Crippen molar-refractivity contribution < 1.29 is 14.3 Å². The van der Waals surface area contributed by atoms with Crippen molar-refractivity contribution >= 4 is 17.6 Å². The van der Waals surface area contributed by atoms with E-state index in [0.29, 0.717) is 24.1 Å². The number of carbonyl (C=O) groups excluding carboxylic acids is 2. The van der Waals surface area contributed by atoms with Crippen LogP contribution in [0.5, 0.6) is 0 Å². The van der Waals surface area contributed by atoms with Gasteiger partial charge in [-0.15, -0.1) is 12.3 Å². The maximum atomic E-state index is 12.1. The SMILES string of the molecule is C#CCCCCC(=O)N(C)c1ccccc1C(=O)OC. The maximum absolute atomic E-state index is 12.1. The van der Waals surface area contributed by atoms with E-state index in [2.05, 4.69) is 5.92 Å². The number of rotatable bonds is 6. The molecule has 0 saturated heterocycles. The quantitative estimate of drug-likeness (QED) is 0.455. The molecular formula is C16H19NO3. The van der Waals surface area contributed by atoms with Crippen LogP contribution < -0.4 is 4.90 Å². The lowest BCUT2D eigenvalue weighted by atomic mass is 10.1. The van der Waals surface area contributed by atoms with Crippen LogP contribution in [0.2, 0.25) is 0 Å². The second-order valence-electron chi connectivity index (χ2n) is 4.37. The lowest BCUT2D eigenvalue weighted by molar-refractivity contribution is -0.118. The summed E-state index contributed by atoms with van der Waals surface area (Å²) in [7, 11) is 2.98. The van der Waals surface area contributed by atoms with Crippen LogP contribution in [0, 0.1) is 12.3 Å². The van der Waals surface area contributed by atoms with Gasteiger partial charge in [0.1, 0.15) is 0 Å². The number of carbonyl (C=O) groups is 2. The Labute approximate surface area is 119 Å².